The number of rotatable bonds is 9. The van der Waals surface area contributed by atoms with E-state index in [0.29, 0.717) is 6.61 Å². The number of unbranched alkanes of at least 4 members (excludes halogenated alkanes) is 1. The van der Waals surface area contributed by atoms with Gasteiger partial charge in [0.1, 0.15) is 22.5 Å². The fourth-order valence-electron chi connectivity index (χ4n) is 3.45. The van der Waals surface area contributed by atoms with Gasteiger partial charge in [0.15, 0.2) is 17.3 Å². The van der Waals surface area contributed by atoms with Gasteiger partial charge in [0, 0.05) is 45.4 Å². The first-order valence-electron chi connectivity index (χ1n) is 11.7. The van der Waals surface area contributed by atoms with Crippen LogP contribution in [0.15, 0.2) is 39.5 Å². The summed E-state index contributed by atoms with van der Waals surface area (Å²) in [7, 11) is 0. The predicted octanol–water partition coefficient (Wildman–Crippen LogP) is 4.34. The van der Waals surface area contributed by atoms with Crippen molar-refractivity contribution >= 4 is 34.8 Å². The van der Waals surface area contributed by atoms with Gasteiger partial charge in [0.05, 0.1) is 6.61 Å². The van der Waals surface area contributed by atoms with Crippen LogP contribution in [0.25, 0.3) is 22.3 Å². The first-order valence-corrected chi connectivity index (χ1v) is 11.7. The average Bonchev–Trinajstić information content (AvgIpc) is 2.80. The molecule has 0 aliphatic heterocycles. The van der Waals surface area contributed by atoms with Crippen molar-refractivity contribution in [1.82, 2.24) is 0 Å². The number of esters is 4. The molecule has 1 heterocycles. The van der Waals surface area contributed by atoms with Gasteiger partial charge in [0.2, 0.25) is 11.2 Å². The van der Waals surface area contributed by atoms with Gasteiger partial charge in [0.25, 0.3) is 0 Å². The van der Waals surface area contributed by atoms with E-state index in [1.165, 1.54) is 44.2 Å². The molecule has 0 atom stereocenters. The predicted molar refractivity (Wildman–Crippen MR) is 134 cm³/mol. The summed E-state index contributed by atoms with van der Waals surface area (Å²) in [5.74, 6) is -3.61. The molecule has 0 spiro atoms. The maximum atomic E-state index is 13.6. The number of hydrogen-bond donors (Lipinski definition) is 0. The Morgan fingerprint density at radius 3 is 1.97 bits per heavy atom. The van der Waals surface area contributed by atoms with Crippen LogP contribution in [0, 0.1) is 0 Å². The highest BCUT2D eigenvalue weighted by Crippen LogP contribution is 2.39. The molecule has 11 nitrogen and oxygen atoms in total. The molecule has 200 valence electrons. The van der Waals surface area contributed by atoms with Crippen LogP contribution in [-0.4, -0.2) is 30.5 Å². The molecule has 38 heavy (non-hydrogen) atoms. The van der Waals surface area contributed by atoms with E-state index in [1.54, 1.807) is 0 Å². The highest BCUT2D eigenvalue weighted by atomic mass is 16.6. The van der Waals surface area contributed by atoms with Crippen LogP contribution >= 0.6 is 0 Å². The van der Waals surface area contributed by atoms with E-state index in [1.807, 2.05) is 6.92 Å². The maximum absolute atomic E-state index is 13.6. The minimum atomic E-state index is -0.816. The first-order chi connectivity index (χ1) is 18.0. The molecule has 3 rings (SSSR count). The lowest BCUT2D eigenvalue weighted by atomic mass is 10.1. The number of hydrogen-bond acceptors (Lipinski definition) is 11. The summed E-state index contributed by atoms with van der Waals surface area (Å²) >= 11 is 0. The Bertz CT molecular complexity index is 1470. The summed E-state index contributed by atoms with van der Waals surface area (Å²) in [6.45, 7) is 6.95. The Morgan fingerprint density at radius 1 is 0.763 bits per heavy atom. The minimum Gasteiger partial charge on any atom is -0.493 e. The van der Waals surface area contributed by atoms with Gasteiger partial charge in [-0.05, 0) is 24.6 Å². The Kier molecular flexibility index (Phi) is 8.85. The molecule has 11 heteroatoms. The zero-order valence-electron chi connectivity index (χ0n) is 21.5. The number of fused-ring (bicyclic) bond motifs is 1. The Hall–Kier alpha value is -4.67. The fourth-order valence-corrected chi connectivity index (χ4v) is 3.45. The van der Waals surface area contributed by atoms with Crippen LogP contribution in [-0.2, 0) is 19.2 Å². The highest BCUT2D eigenvalue weighted by Gasteiger charge is 2.25. The van der Waals surface area contributed by atoms with E-state index in [-0.39, 0.29) is 45.3 Å². The Balaban J connectivity index is 2.32. The molecule has 0 aliphatic rings. The molecule has 0 saturated carbocycles. The molecule has 0 N–H and O–H groups in total. The Morgan fingerprint density at radius 2 is 1.37 bits per heavy atom. The summed E-state index contributed by atoms with van der Waals surface area (Å²) in [6.07, 6.45) is 1.64. The molecule has 3 aromatic rings. The summed E-state index contributed by atoms with van der Waals surface area (Å²) < 4.78 is 32.5. The van der Waals surface area contributed by atoms with Crippen molar-refractivity contribution in [3.8, 4) is 40.1 Å². The van der Waals surface area contributed by atoms with Gasteiger partial charge in [-0.15, -0.1) is 0 Å². The number of ether oxygens (including phenoxy) is 5. The number of benzene rings is 2. The zero-order valence-corrected chi connectivity index (χ0v) is 21.5. The molecule has 0 radical (unpaired) electrons. The molecule has 0 unspecified atom stereocenters. The van der Waals surface area contributed by atoms with Crippen LogP contribution in [0.3, 0.4) is 0 Å². The Labute approximate surface area is 217 Å². The molecule has 0 aliphatic carbocycles. The van der Waals surface area contributed by atoms with Crippen molar-refractivity contribution in [2.75, 3.05) is 6.61 Å². The topological polar surface area (TPSA) is 145 Å². The van der Waals surface area contributed by atoms with Crippen LogP contribution < -0.4 is 29.1 Å². The lowest BCUT2D eigenvalue weighted by molar-refractivity contribution is -0.134. The van der Waals surface area contributed by atoms with Crippen molar-refractivity contribution in [2.45, 2.75) is 47.5 Å². The van der Waals surface area contributed by atoms with Crippen molar-refractivity contribution in [3.63, 3.8) is 0 Å². The standard InChI is InChI=1S/C27H26O11/c1-6-7-10-33-19-12-22(36-16(4)30)24-23(13-19)38-26(27(25(24)32)37-17(5)31)18-8-9-20(34-14(2)28)21(11-18)35-15(3)29/h8-9,11-13H,6-7,10H2,1-5H3. The van der Waals surface area contributed by atoms with E-state index in [4.69, 9.17) is 28.1 Å². The van der Waals surface area contributed by atoms with E-state index in [2.05, 4.69) is 0 Å². The van der Waals surface area contributed by atoms with Crippen molar-refractivity contribution < 1.29 is 47.3 Å². The molecule has 2 aromatic carbocycles. The molecule has 0 fully saturated rings. The maximum Gasteiger partial charge on any atom is 0.308 e. The third kappa shape index (κ3) is 6.75. The first kappa shape index (κ1) is 27.9. The monoisotopic (exact) mass is 526 g/mol. The quantitative estimate of drug-likeness (QED) is 0.223. The van der Waals surface area contributed by atoms with Crippen LogP contribution in [0.5, 0.6) is 28.7 Å². The fraction of sp³-hybridized carbons (Fsp3) is 0.296. The largest absolute Gasteiger partial charge is 0.493 e. The zero-order chi connectivity index (χ0) is 28.0. The molecule has 0 bridgehead atoms. The van der Waals surface area contributed by atoms with Crippen LogP contribution in [0.2, 0.25) is 0 Å². The summed E-state index contributed by atoms with van der Waals surface area (Å²) in [5, 5.41) is -0.153. The van der Waals surface area contributed by atoms with Gasteiger partial charge >= 0.3 is 23.9 Å². The summed E-state index contributed by atoms with van der Waals surface area (Å²) in [5.41, 5.74) is -0.672. The summed E-state index contributed by atoms with van der Waals surface area (Å²) in [6, 6.07) is 6.84. The third-order valence-electron chi connectivity index (χ3n) is 4.87. The SMILES string of the molecule is CCCCOc1cc(OC(C)=O)c2c(=O)c(OC(C)=O)c(-c3ccc(OC(C)=O)c(OC(C)=O)c3)oc2c1. The average molecular weight is 526 g/mol. The van der Waals surface area contributed by atoms with Crippen LogP contribution in [0.4, 0.5) is 0 Å². The number of carbonyl (C=O) groups is 4. The van der Waals surface area contributed by atoms with Gasteiger partial charge in [-0.3, -0.25) is 24.0 Å². The van der Waals surface area contributed by atoms with E-state index < -0.39 is 35.1 Å². The van der Waals surface area contributed by atoms with E-state index >= 15 is 0 Å². The molecule has 1 aromatic heterocycles. The highest BCUT2D eigenvalue weighted by molar-refractivity contribution is 5.91. The van der Waals surface area contributed by atoms with Gasteiger partial charge in [-0.2, -0.15) is 0 Å². The van der Waals surface area contributed by atoms with Crippen molar-refractivity contribution in [3.05, 3.63) is 40.6 Å². The molecular formula is C27H26O11. The number of carbonyl (C=O) groups excluding carboxylic acids is 4. The van der Waals surface area contributed by atoms with Crippen LogP contribution in [0.1, 0.15) is 47.5 Å². The second-order valence-electron chi connectivity index (χ2n) is 8.12. The smallest absolute Gasteiger partial charge is 0.308 e. The lowest BCUT2D eigenvalue weighted by Gasteiger charge is -2.15. The van der Waals surface area contributed by atoms with E-state index in [0.717, 1.165) is 26.7 Å². The van der Waals surface area contributed by atoms with Gasteiger partial charge in [-0.25, -0.2) is 0 Å². The van der Waals surface area contributed by atoms with Crippen molar-refractivity contribution in [1.29, 1.82) is 0 Å². The van der Waals surface area contributed by atoms with Crippen molar-refractivity contribution in [2.24, 2.45) is 0 Å². The van der Waals surface area contributed by atoms with E-state index in [9.17, 15) is 24.0 Å². The minimum absolute atomic E-state index is 0.0238. The third-order valence-corrected chi connectivity index (χ3v) is 4.87. The molecular weight excluding hydrogens is 500 g/mol. The lowest BCUT2D eigenvalue weighted by Crippen LogP contribution is -2.15. The summed E-state index contributed by atoms with van der Waals surface area (Å²) in [4.78, 5) is 60.4. The van der Waals surface area contributed by atoms with Gasteiger partial charge in [-0.1, -0.05) is 13.3 Å². The molecule has 0 saturated heterocycles. The second-order valence-corrected chi connectivity index (χ2v) is 8.12. The van der Waals surface area contributed by atoms with Gasteiger partial charge < -0.3 is 28.1 Å². The second kappa shape index (κ2) is 12.0. The normalized spacial score (nSPS) is 10.6. The molecule has 0 amide bonds.